The normalized spacial score (nSPS) is 19.6. The predicted octanol–water partition coefficient (Wildman–Crippen LogP) is 2.64. The Kier molecular flexibility index (Phi) is 3.64. The van der Waals surface area contributed by atoms with E-state index in [0.717, 1.165) is 31.5 Å². The number of hydrogen-bond donors (Lipinski definition) is 0. The molecule has 0 aromatic carbocycles. The van der Waals surface area contributed by atoms with E-state index in [1.54, 1.807) is 17.5 Å². The molecule has 0 spiro atoms. The van der Waals surface area contributed by atoms with E-state index < -0.39 is 0 Å². The molecule has 0 radical (unpaired) electrons. The third kappa shape index (κ3) is 2.71. The Balaban J connectivity index is 1.75. The van der Waals surface area contributed by atoms with E-state index in [4.69, 9.17) is 0 Å². The first kappa shape index (κ1) is 12.4. The molecule has 19 heavy (non-hydrogen) atoms. The zero-order valence-corrected chi connectivity index (χ0v) is 11.6. The summed E-state index contributed by atoms with van der Waals surface area (Å²) in [6.07, 6.45) is 7.11. The van der Waals surface area contributed by atoms with Crippen LogP contribution in [0.3, 0.4) is 0 Å². The van der Waals surface area contributed by atoms with Gasteiger partial charge in [-0.15, -0.1) is 0 Å². The lowest BCUT2D eigenvalue weighted by atomic mass is 10.0. The van der Waals surface area contributed by atoms with Crippen LogP contribution in [-0.4, -0.2) is 33.2 Å². The van der Waals surface area contributed by atoms with E-state index in [1.165, 1.54) is 6.42 Å². The summed E-state index contributed by atoms with van der Waals surface area (Å²) < 4.78 is 1.92. The smallest absolute Gasteiger partial charge is 0.255 e. The molecule has 2 aromatic heterocycles. The fourth-order valence-electron chi connectivity index (χ4n) is 2.63. The van der Waals surface area contributed by atoms with E-state index in [9.17, 15) is 4.79 Å². The maximum absolute atomic E-state index is 12.5. The summed E-state index contributed by atoms with van der Waals surface area (Å²) in [6.45, 7) is 1.66. The van der Waals surface area contributed by atoms with Crippen LogP contribution in [0, 0.1) is 0 Å². The van der Waals surface area contributed by atoms with Crippen molar-refractivity contribution in [1.29, 1.82) is 0 Å². The summed E-state index contributed by atoms with van der Waals surface area (Å²) in [5.41, 5.74) is 0.817. The van der Waals surface area contributed by atoms with Crippen molar-refractivity contribution < 1.29 is 4.79 Å². The van der Waals surface area contributed by atoms with Crippen LogP contribution >= 0.6 is 11.3 Å². The fourth-order valence-corrected chi connectivity index (χ4v) is 3.26. The van der Waals surface area contributed by atoms with Crippen molar-refractivity contribution in [3.05, 3.63) is 40.8 Å². The van der Waals surface area contributed by atoms with Crippen molar-refractivity contribution in [2.45, 2.75) is 31.8 Å². The molecule has 1 aliphatic heterocycles. The minimum absolute atomic E-state index is 0.165. The molecule has 0 aliphatic carbocycles. The van der Waals surface area contributed by atoms with Gasteiger partial charge in [0.2, 0.25) is 0 Å². The van der Waals surface area contributed by atoms with Gasteiger partial charge in [-0.25, -0.2) is 0 Å². The summed E-state index contributed by atoms with van der Waals surface area (Å²) in [5, 5.41) is 8.14. The van der Waals surface area contributed by atoms with Crippen molar-refractivity contribution in [3.63, 3.8) is 0 Å². The number of nitrogens with zero attached hydrogens (tertiary/aromatic N) is 3. The Morgan fingerprint density at radius 1 is 1.47 bits per heavy atom. The van der Waals surface area contributed by atoms with Gasteiger partial charge in [0.05, 0.1) is 18.2 Å². The topological polar surface area (TPSA) is 38.1 Å². The monoisotopic (exact) mass is 275 g/mol. The Morgan fingerprint density at radius 2 is 2.42 bits per heavy atom. The number of thiophene rings is 1. The largest absolute Gasteiger partial charge is 0.334 e. The molecular weight excluding hydrogens is 258 g/mol. The lowest BCUT2D eigenvalue weighted by Gasteiger charge is -2.35. The molecule has 2 aromatic rings. The molecular formula is C14H17N3OS. The highest BCUT2D eigenvalue weighted by atomic mass is 32.1. The molecule has 1 unspecified atom stereocenters. The summed E-state index contributed by atoms with van der Waals surface area (Å²) in [4.78, 5) is 14.5. The van der Waals surface area contributed by atoms with Gasteiger partial charge in [-0.2, -0.15) is 16.4 Å². The number of carbonyl (C=O) groups is 1. The first-order valence-electron chi connectivity index (χ1n) is 6.65. The van der Waals surface area contributed by atoms with Crippen LogP contribution < -0.4 is 0 Å². The molecule has 1 atom stereocenters. The van der Waals surface area contributed by atoms with Crippen molar-refractivity contribution in [3.8, 4) is 0 Å². The lowest BCUT2D eigenvalue weighted by Crippen LogP contribution is -2.45. The average molecular weight is 275 g/mol. The summed E-state index contributed by atoms with van der Waals surface area (Å²) >= 11 is 1.57. The maximum atomic E-state index is 12.5. The number of piperidine rings is 1. The van der Waals surface area contributed by atoms with Crippen LogP contribution in [0.5, 0.6) is 0 Å². The number of aromatic nitrogens is 2. The second kappa shape index (κ2) is 5.57. The van der Waals surface area contributed by atoms with Gasteiger partial charge in [-0.1, -0.05) is 0 Å². The predicted molar refractivity (Wildman–Crippen MR) is 75.2 cm³/mol. The maximum Gasteiger partial charge on any atom is 0.255 e. The molecule has 3 rings (SSSR count). The first-order valence-corrected chi connectivity index (χ1v) is 7.59. The molecule has 0 N–H and O–H groups in total. The number of likely N-dealkylation sites (tertiary alicyclic amines) is 1. The van der Waals surface area contributed by atoms with Crippen molar-refractivity contribution >= 4 is 17.2 Å². The van der Waals surface area contributed by atoms with Crippen LogP contribution in [0.4, 0.5) is 0 Å². The summed E-state index contributed by atoms with van der Waals surface area (Å²) in [5.74, 6) is 0.165. The second-order valence-corrected chi connectivity index (χ2v) is 5.67. The molecule has 4 nitrogen and oxygen atoms in total. The van der Waals surface area contributed by atoms with Crippen molar-refractivity contribution in [2.24, 2.45) is 0 Å². The minimum atomic E-state index is 0.165. The van der Waals surface area contributed by atoms with Crippen molar-refractivity contribution in [1.82, 2.24) is 14.7 Å². The Morgan fingerprint density at radius 3 is 3.16 bits per heavy atom. The standard InChI is InChI=1S/C14H17N3OS/c18-14(12-5-9-19-11-12)17-8-2-1-4-13(17)10-16-7-3-6-15-16/h3,5-7,9,11,13H,1-2,4,8,10H2. The SMILES string of the molecule is O=C(c1ccsc1)N1CCCCC1Cn1cccn1. The van der Waals surface area contributed by atoms with E-state index in [2.05, 4.69) is 5.10 Å². The quantitative estimate of drug-likeness (QED) is 0.863. The number of carbonyl (C=O) groups excluding carboxylic acids is 1. The summed E-state index contributed by atoms with van der Waals surface area (Å²) in [6, 6.07) is 4.10. The molecule has 1 fully saturated rings. The van der Waals surface area contributed by atoms with E-state index in [0.29, 0.717) is 0 Å². The highest BCUT2D eigenvalue weighted by molar-refractivity contribution is 7.08. The number of rotatable bonds is 3. The van der Waals surface area contributed by atoms with Crippen LogP contribution in [0.15, 0.2) is 35.3 Å². The first-order chi connectivity index (χ1) is 9.34. The highest BCUT2D eigenvalue weighted by Gasteiger charge is 2.27. The van der Waals surface area contributed by atoms with Gasteiger partial charge < -0.3 is 4.90 Å². The zero-order valence-electron chi connectivity index (χ0n) is 10.7. The van der Waals surface area contributed by atoms with Gasteiger partial charge in [-0.3, -0.25) is 9.48 Å². The Hall–Kier alpha value is -1.62. The van der Waals surface area contributed by atoms with E-state index in [-0.39, 0.29) is 11.9 Å². The Labute approximate surface area is 116 Å². The molecule has 1 amide bonds. The second-order valence-electron chi connectivity index (χ2n) is 4.89. The Bertz CT molecular complexity index is 521. The summed E-state index contributed by atoms with van der Waals surface area (Å²) in [7, 11) is 0. The van der Waals surface area contributed by atoms with Gasteiger partial charge in [0.25, 0.3) is 5.91 Å². The van der Waals surface area contributed by atoms with Gasteiger partial charge in [0, 0.05) is 24.3 Å². The third-order valence-corrected chi connectivity index (χ3v) is 4.30. The average Bonchev–Trinajstić information content (AvgIpc) is 3.11. The molecule has 100 valence electrons. The van der Waals surface area contributed by atoms with Crippen LogP contribution in [0.1, 0.15) is 29.6 Å². The van der Waals surface area contributed by atoms with Gasteiger partial charge in [0.1, 0.15) is 0 Å². The molecule has 1 aliphatic rings. The lowest BCUT2D eigenvalue weighted by molar-refractivity contribution is 0.0584. The molecule has 0 saturated carbocycles. The third-order valence-electron chi connectivity index (χ3n) is 3.61. The minimum Gasteiger partial charge on any atom is -0.334 e. The van der Waals surface area contributed by atoms with Gasteiger partial charge in [0.15, 0.2) is 0 Å². The molecule has 3 heterocycles. The van der Waals surface area contributed by atoms with Gasteiger partial charge in [-0.05, 0) is 36.8 Å². The zero-order chi connectivity index (χ0) is 13.1. The highest BCUT2D eigenvalue weighted by Crippen LogP contribution is 2.21. The number of amides is 1. The van der Waals surface area contributed by atoms with Crippen LogP contribution in [0.25, 0.3) is 0 Å². The molecule has 1 saturated heterocycles. The van der Waals surface area contributed by atoms with Gasteiger partial charge >= 0.3 is 0 Å². The molecule has 5 heteroatoms. The number of hydrogen-bond acceptors (Lipinski definition) is 3. The van der Waals surface area contributed by atoms with E-state index >= 15 is 0 Å². The fraction of sp³-hybridized carbons (Fsp3) is 0.429. The van der Waals surface area contributed by atoms with Crippen LogP contribution in [-0.2, 0) is 6.54 Å². The van der Waals surface area contributed by atoms with Crippen LogP contribution in [0.2, 0.25) is 0 Å². The van der Waals surface area contributed by atoms with E-state index in [1.807, 2.05) is 38.7 Å². The molecule has 0 bridgehead atoms. The van der Waals surface area contributed by atoms with Crippen molar-refractivity contribution in [2.75, 3.05) is 6.54 Å².